The zero-order valence-electron chi connectivity index (χ0n) is 22.1. The fraction of sp³-hybridized carbons (Fsp3) is 0.129. The topological polar surface area (TPSA) is 88.2 Å². The summed E-state index contributed by atoms with van der Waals surface area (Å²) < 4.78 is 22.1. The van der Waals surface area contributed by atoms with Crippen LogP contribution in [0.1, 0.15) is 29.3 Å². The zero-order chi connectivity index (χ0) is 27.9. The third kappa shape index (κ3) is 6.68. The average molecular weight is 554 g/mol. The van der Waals surface area contributed by atoms with Gasteiger partial charge in [-0.25, -0.2) is 14.4 Å². The third-order valence-electron chi connectivity index (χ3n) is 6.04. The zero-order valence-corrected chi connectivity index (χ0v) is 22.9. The first-order chi connectivity index (χ1) is 19.5. The lowest BCUT2D eigenvalue weighted by Crippen LogP contribution is -2.11. The summed E-state index contributed by atoms with van der Waals surface area (Å²) >= 11 is 1.35. The van der Waals surface area contributed by atoms with Crippen molar-refractivity contribution in [2.75, 3.05) is 22.5 Å². The van der Waals surface area contributed by atoms with Gasteiger partial charge in [0.1, 0.15) is 11.6 Å². The number of hydrogen-bond donors (Lipinski definition) is 3. The molecule has 0 aliphatic heterocycles. The van der Waals surface area contributed by atoms with E-state index in [1.54, 1.807) is 13.2 Å². The van der Waals surface area contributed by atoms with Gasteiger partial charge < -0.3 is 20.1 Å². The van der Waals surface area contributed by atoms with E-state index in [4.69, 9.17) is 14.7 Å². The van der Waals surface area contributed by atoms with Gasteiger partial charge in [0.25, 0.3) is 5.91 Å². The molecular formula is C31H28FN5O2S. The minimum absolute atomic E-state index is 0.317. The molecule has 5 aromatic rings. The molecule has 0 bridgehead atoms. The van der Waals surface area contributed by atoms with Crippen molar-refractivity contribution in [2.45, 2.75) is 24.7 Å². The molecule has 5 rings (SSSR count). The van der Waals surface area contributed by atoms with E-state index in [0.29, 0.717) is 22.9 Å². The fourth-order valence-corrected chi connectivity index (χ4v) is 4.82. The van der Waals surface area contributed by atoms with Gasteiger partial charge in [0.15, 0.2) is 11.6 Å². The Morgan fingerprint density at radius 3 is 2.35 bits per heavy atom. The molecule has 0 aliphatic carbocycles. The highest BCUT2D eigenvalue weighted by Gasteiger charge is 2.12. The molecule has 7 nitrogen and oxygen atoms in total. The quantitative estimate of drug-likeness (QED) is 0.152. The van der Waals surface area contributed by atoms with E-state index in [9.17, 15) is 9.18 Å². The summed E-state index contributed by atoms with van der Waals surface area (Å²) in [5, 5.41) is 6.28. The number of carbonyl (C=O) groups is 1. The van der Waals surface area contributed by atoms with Crippen LogP contribution in [0.5, 0.6) is 5.75 Å². The average Bonchev–Trinajstić information content (AvgIpc) is 2.96. The summed E-state index contributed by atoms with van der Waals surface area (Å²) in [5.74, 6) is 1.19. The maximum Gasteiger partial charge on any atom is 0.255 e. The van der Waals surface area contributed by atoms with E-state index in [1.165, 1.54) is 41.8 Å². The maximum atomic E-state index is 13.2. The van der Waals surface area contributed by atoms with Crippen LogP contribution in [0.3, 0.4) is 0 Å². The number of rotatable bonds is 10. The van der Waals surface area contributed by atoms with Crippen molar-refractivity contribution in [1.82, 2.24) is 9.97 Å². The second-order valence-electron chi connectivity index (χ2n) is 9.05. The summed E-state index contributed by atoms with van der Waals surface area (Å²) in [5.41, 5.74) is 4.53. The molecular weight excluding hydrogens is 525 g/mol. The molecule has 202 valence electrons. The molecule has 0 saturated carbocycles. The number of anilines is 4. The van der Waals surface area contributed by atoms with E-state index in [2.05, 4.69) is 28.3 Å². The van der Waals surface area contributed by atoms with Crippen molar-refractivity contribution in [2.24, 2.45) is 0 Å². The first kappa shape index (κ1) is 27.0. The number of nitrogens with one attached hydrogen (secondary N) is 3. The third-order valence-corrected chi connectivity index (χ3v) is 6.82. The summed E-state index contributed by atoms with van der Waals surface area (Å²) in [6.07, 6.45) is 1.96. The minimum atomic E-state index is -0.389. The van der Waals surface area contributed by atoms with Gasteiger partial charge in [-0.2, -0.15) is 0 Å². The van der Waals surface area contributed by atoms with Gasteiger partial charge in [0.05, 0.1) is 18.1 Å². The van der Waals surface area contributed by atoms with Crippen molar-refractivity contribution in [3.05, 3.63) is 108 Å². The molecule has 3 N–H and O–H groups in total. The predicted octanol–water partition coefficient (Wildman–Crippen LogP) is 7.85. The maximum absolute atomic E-state index is 13.2. The van der Waals surface area contributed by atoms with Crippen LogP contribution in [0.15, 0.2) is 95.9 Å². The number of aromatic nitrogens is 2. The highest BCUT2D eigenvalue weighted by molar-refractivity contribution is 8.00. The number of fused-ring (bicyclic) bond motifs is 1. The van der Waals surface area contributed by atoms with Crippen molar-refractivity contribution < 1.29 is 13.9 Å². The highest BCUT2D eigenvalue weighted by Crippen LogP contribution is 2.31. The van der Waals surface area contributed by atoms with Gasteiger partial charge in [-0.05, 0) is 90.7 Å². The van der Waals surface area contributed by atoms with Crippen LogP contribution in [-0.4, -0.2) is 23.0 Å². The smallest absolute Gasteiger partial charge is 0.255 e. The monoisotopic (exact) mass is 553 g/mol. The fourth-order valence-electron chi connectivity index (χ4n) is 4.13. The lowest BCUT2D eigenvalue weighted by atomic mass is 10.1. The number of carbonyl (C=O) groups excluding carboxylic acids is 1. The Hall–Kier alpha value is -4.63. The van der Waals surface area contributed by atoms with E-state index < -0.39 is 0 Å². The van der Waals surface area contributed by atoms with Crippen molar-refractivity contribution in [1.29, 1.82) is 0 Å². The second kappa shape index (κ2) is 12.5. The molecule has 0 saturated heterocycles. The van der Waals surface area contributed by atoms with Gasteiger partial charge in [0, 0.05) is 27.9 Å². The number of para-hydroxylation sites is 2. The molecule has 0 radical (unpaired) electrons. The van der Waals surface area contributed by atoms with Gasteiger partial charge >= 0.3 is 0 Å². The van der Waals surface area contributed by atoms with E-state index in [1.807, 2.05) is 54.6 Å². The largest absolute Gasteiger partial charge is 0.497 e. The number of halogens is 1. The number of aryl methyl sites for hydroxylation is 1. The van der Waals surface area contributed by atoms with E-state index >= 15 is 0 Å². The molecule has 4 aromatic carbocycles. The van der Waals surface area contributed by atoms with Gasteiger partial charge in [-0.15, -0.1) is 0 Å². The SMILES string of the molecule is CCCc1cc(Nc2nc3ccccc3nc2NSc2cccc(NC(=O)c3ccc(F)cc3)c2)cc(OC)c1. The number of amides is 1. The number of benzene rings is 4. The molecule has 0 fully saturated rings. The van der Waals surface area contributed by atoms with Gasteiger partial charge in [0.2, 0.25) is 0 Å². The Bertz CT molecular complexity index is 1650. The second-order valence-corrected chi connectivity index (χ2v) is 9.93. The number of nitrogens with zero attached hydrogens (tertiary/aromatic N) is 2. The minimum Gasteiger partial charge on any atom is -0.497 e. The lowest BCUT2D eigenvalue weighted by Gasteiger charge is -2.15. The van der Waals surface area contributed by atoms with Gasteiger partial charge in [-0.3, -0.25) is 4.79 Å². The lowest BCUT2D eigenvalue weighted by molar-refractivity contribution is 0.102. The first-order valence-electron chi connectivity index (χ1n) is 12.8. The molecule has 9 heteroatoms. The van der Waals surface area contributed by atoms with E-state index in [-0.39, 0.29) is 11.7 Å². The van der Waals surface area contributed by atoms with Gasteiger partial charge in [-0.1, -0.05) is 31.5 Å². The molecule has 1 heterocycles. The van der Waals surface area contributed by atoms with Crippen LogP contribution in [-0.2, 0) is 6.42 Å². The van der Waals surface area contributed by atoms with Crippen LogP contribution in [0.4, 0.5) is 27.4 Å². The van der Waals surface area contributed by atoms with E-state index in [0.717, 1.165) is 40.2 Å². The Morgan fingerprint density at radius 1 is 0.875 bits per heavy atom. The summed E-state index contributed by atoms with van der Waals surface area (Å²) in [6.45, 7) is 2.14. The molecule has 1 amide bonds. The number of hydrogen-bond acceptors (Lipinski definition) is 7. The molecule has 0 atom stereocenters. The van der Waals surface area contributed by atoms with Crippen LogP contribution >= 0.6 is 11.9 Å². The summed E-state index contributed by atoms with van der Waals surface area (Å²) in [6, 6.07) is 26.6. The van der Waals surface area contributed by atoms with Crippen LogP contribution < -0.4 is 20.1 Å². The van der Waals surface area contributed by atoms with Crippen molar-refractivity contribution >= 4 is 51.9 Å². The summed E-state index contributed by atoms with van der Waals surface area (Å²) in [7, 11) is 1.66. The molecule has 0 aliphatic rings. The normalized spacial score (nSPS) is 10.8. The Labute approximate surface area is 236 Å². The Balaban J connectivity index is 1.37. The Morgan fingerprint density at radius 2 is 1.62 bits per heavy atom. The first-order valence-corrected chi connectivity index (χ1v) is 13.6. The van der Waals surface area contributed by atoms with Crippen LogP contribution in [0.2, 0.25) is 0 Å². The molecule has 0 unspecified atom stereocenters. The molecule has 1 aromatic heterocycles. The number of methoxy groups -OCH3 is 1. The van der Waals surface area contributed by atoms with Crippen molar-refractivity contribution in [3.8, 4) is 5.75 Å². The highest BCUT2D eigenvalue weighted by atomic mass is 32.2. The number of ether oxygens (including phenoxy) is 1. The standard InChI is InChI=1S/C31H28FN5O2S/c1-3-7-20-16-24(18-25(17-20)39-2)33-29-30(36-28-11-5-4-10-27(28)35-29)37-40-26-9-6-8-23(19-26)34-31(38)21-12-14-22(32)15-13-21/h4-6,8-19H,3,7H2,1-2H3,(H,33,35)(H,34,38)(H,36,37). The molecule has 40 heavy (non-hydrogen) atoms. The predicted molar refractivity (Wildman–Crippen MR) is 160 cm³/mol. The summed E-state index contributed by atoms with van der Waals surface area (Å²) in [4.78, 5) is 23.1. The van der Waals surface area contributed by atoms with Crippen LogP contribution in [0.25, 0.3) is 11.0 Å². The van der Waals surface area contributed by atoms with Crippen molar-refractivity contribution in [3.63, 3.8) is 0 Å². The molecule has 0 spiro atoms. The Kier molecular flexibility index (Phi) is 8.41. The van der Waals surface area contributed by atoms with Crippen LogP contribution in [0, 0.1) is 5.82 Å².